The quantitative estimate of drug-likeness (QED) is 0.841. The summed E-state index contributed by atoms with van der Waals surface area (Å²) >= 11 is 0. The lowest BCUT2D eigenvalue weighted by molar-refractivity contribution is 0.244. The zero-order chi connectivity index (χ0) is 13.1. The summed E-state index contributed by atoms with van der Waals surface area (Å²) in [6, 6.07) is 10.3. The molecule has 1 aromatic heterocycles. The minimum Gasteiger partial charge on any atom is -0.399 e. The normalized spacial score (nSPS) is 12.9. The van der Waals surface area contributed by atoms with Crippen LogP contribution in [0.2, 0.25) is 0 Å². The van der Waals surface area contributed by atoms with E-state index in [-0.39, 0.29) is 0 Å². The number of nitrogens with zero attached hydrogens (tertiary/aromatic N) is 2. The first-order chi connectivity index (χ1) is 8.56. The molecule has 0 aliphatic rings. The third-order valence-corrected chi connectivity index (χ3v) is 3.17. The molecule has 2 rings (SSSR count). The van der Waals surface area contributed by atoms with Gasteiger partial charge in [-0.05, 0) is 38.6 Å². The van der Waals surface area contributed by atoms with Gasteiger partial charge in [0.15, 0.2) is 0 Å². The Morgan fingerprint density at radius 3 is 2.56 bits per heavy atom. The van der Waals surface area contributed by atoms with Crippen LogP contribution in [0.5, 0.6) is 0 Å². The van der Waals surface area contributed by atoms with Crippen LogP contribution in [0.3, 0.4) is 0 Å². The van der Waals surface area contributed by atoms with E-state index < -0.39 is 0 Å². The van der Waals surface area contributed by atoms with Gasteiger partial charge in [0.2, 0.25) is 0 Å². The fourth-order valence-corrected chi connectivity index (χ4v) is 1.91. The molecule has 18 heavy (non-hydrogen) atoms. The van der Waals surface area contributed by atoms with E-state index in [1.165, 1.54) is 5.56 Å². The average molecular weight is 245 g/mol. The van der Waals surface area contributed by atoms with Gasteiger partial charge in [-0.1, -0.05) is 17.3 Å². The van der Waals surface area contributed by atoms with Crippen LogP contribution >= 0.6 is 0 Å². The van der Waals surface area contributed by atoms with Gasteiger partial charge in [0.05, 0.1) is 5.69 Å². The second-order valence-corrected chi connectivity index (χ2v) is 4.69. The highest BCUT2D eigenvalue weighted by Crippen LogP contribution is 2.21. The fourth-order valence-electron chi connectivity index (χ4n) is 1.91. The molecule has 0 aliphatic carbocycles. The first-order valence-corrected chi connectivity index (χ1v) is 6.04. The maximum absolute atomic E-state index is 5.69. The standard InChI is InChI=1S/C14H19N3O/c1-10-8-14(16-18-10)9-17(3)11(2)12-4-6-13(15)7-5-12/h4-8,11H,9,15H2,1-3H3. The van der Waals surface area contributed by atoms with Gasteiger partial charge in [0.1, 0.15) is 5.76 Å². The van der Waals surface area contributed by atoms with Crippen LogP contribution in [-0.2, 0) is 6.54 Å². The first kappa shape index (κ1) is 12.6. The van der Waals surface area contributed by atoms with Gasteiger partial charge in [0.25, 0.3) is 0 Å². The van der Waals surface area contributed by atoms with Gasteiger partial charge in [-0.25, -0.2) is 0 Å². The second kappa shape index (κ2) is 5.23. The summed E-state index contributed by atoms with van der Waals surface area (Å²) in [4.78, 5) is 2.23. The van der Waals surface area contributed by atoms with Gasteiger partial charge >= 0.3 is 0 Å². The predicted molar refractivity (Wildman–Crippen MR) is 72.0 cm³/mol. The summed E-state index contributed by atoms with van der Waals surface area (Å²) in [5, 5.41) is 4.01. The third-order valence-electron chi connectivity index (χ3n) is 3.17. The Balaban J connectivity index is 2.04. The Morgan fingerprint density at radius 1 is 1.33 bits per heavy atom. The van der Waals surface area contributed by atoms with E-state index >= 15 is 0 Å². The number of nitrogen functional groups attached to an aromatic ring is 1. The Kier molecular flexibility index (Phi) is 3.67. The summed E-state index contributed by atoms with van der Waals surface area (Å²) in [7, 11) is 2.07. The van der Waals surface area contributed by atoms with Crippen molar-refractivity contribution in [3.05, 3.63) is 47.3 Å². The zero-order valence-electron chi connectivity index (χ0n) is 11.1. The molecule has 1 heterocycles. The van der Waals surface area contributed by atoms with Crippen molar-refractivity contribution in [2.75, 3.05) is 12.8 Å². The molecule has 96 valence electrons. The predicted octanol–water partition coefficient (Wildman–Crippen LogP) is 2.76. The summed E-state index contributed by atoms with van der Waals surface area (Å²) in [5.74, 6) is 0.846. The van der Waals surface area contributed by atoms with Crippen LogP contribution in [0.4, 0.5) is 5.69 Å². The molecule has 0 amide bonds. The minimum atomic E-state index is 0.308. The molecule has 0 spiro atoms. The number of anilines is 1. The Morgan fingerprint density at radius 2 is 2.00 bits per heavy atom. The highest BCUT2D eigenvalue weighted by atomic mass is 16.5. The number of nitrogens with two attached hydrogens (primary N) is 1. The van der Waals surface area contributed by atoms with Crippen molar-refractivity contribution in [2.45, 2.75) is 26.4 Å². The molecule has 0 saturated carbocycles. The minimum absolute atomic E-state index is 0.308. The van der Waals surface area contributed by atoms with E-state index in [4.69, 9.17) is 10.3 Å². The van der Waals surface area contributed by atoms with Crippen molar-refractivity contribution in [1.29, 1.82) is 0 Å². The lowest BCUT2D eigenvalue weighted by atomic mass is 10.1. The average Bonchev–Trinajstić information content (AvgIpc) is 2.75. The zero-order valence-corrected chi connectivity index (χ0v) is 11.1. The van der Waals surface area contributed by atoms with Gasteiger partial charge in [0, 0.05) is 24.3 Å². The van der Waals surface area contributed by atoms with E-state index in [0.717, 1.165) is 23.7 Å². The molecule has 4 nitrogen and oxygen atoms in total. The molecule has 4 heteroatoms. The maximum Gasteiger partial charge on any atom is 0.133 e. The molecule has 2 N–H and O–H groups in total. The number of hydrogen-bond acceptors (Lipinski definition) is 4. The second-order valence-electron chi connectivity index (χ2n) is 4.69. The molecular formula is C14H19N3O. The van der Waals surface area contributed by atoms with E-state index in [1.54, 1.807) is 0 Å². The van der Waals surface area contributed by atoms with Crippen molar-refractivity contribution in [1.82, 2.24) is 10.1 Å². The molecule has 0 fully saturated rings. The molecular weight excluding hydrogens is 226 g/mol. The highest BCUT2D eigenvalue weighted by molar-refractivity contribution is 5.40. The molecule has 1 unspecified atom stereocenters. The number of benzene rings is 1. The Labute approximate surface area is 107 Å². The van der Waals surface area contributed by atoms with Crippen molar-refractivity contribution in [3.8, 4) is 0 Å². The molecule has 0 bridgehead atoms. The van der Waals surface area contributed by atoms with Crippen molar-refractivity contribution in [2.24, 2.45) is 0 Å². The molecule has 0 aliphatic heterocycles. The fraction of sp³-hybridized carbons (Fsp3) is 0.357. The van der Waals surface area contributed by atoms with Crippen LogP contribution in [-0.4, -0.2) is 17.1 Å². The first-order valence-electron chi connectivity index (χ1n) is 6.04. The summed E-state index contributed by atoms with van der Waals surface area (Å²) < 4.78 is 5.07. The van der Waals surface area contributed by atoms with Crippen LogP contribution in [0.15, 0.2) is 34.9 Å². The number of hydrogen-bond donors (Lipinski definition) is 1. The molecule has 1 aromatic carbocycles. The smallest absolute Gasteiger partial charge is 0.133 e. The van der Waals surface area contributed by atoms with E-state index in [9.17, 15) is 0 Å². The topological polar surface area (TPSA) is 55.3 Å². The van der Waals surface area contributed by atoms with E-state index in [2.05, 4.69) is 36.2 Å². The number of aromatic nitrogens is 1. The van der Waals surface area contributed by atoms with Crippen molar-refractivity contribution < 1.29 is 4.52 Å². The Bertz CT molecular complexity index is 504. The summed E-state index contributed by atoms with van der Waals surface area (Å²) in [6.07, 6.45) is 0. The highest BCUT2D eigenvalue weighted by Gasteiger charge is 2.13. The molecule has 1 atom stereocenters. The van der Waals surface area contributed by atoms with Crippen molar-refractivity contribution >= 4 is 5.69 Å². The Hall–Kier alpha value is -1.81. The van der Waals surface area contributed by atoms with Crippen LogP contribution < -0.4 is 5.73 Å². The lowest BCUT2D eigenvalue weighted by Gasteiger charge is -2.24. The molecule has 2 aromatic rings. The maximum atomic E-state index is 5.69. The van der Waals surface area contributed by atoms with Crippen molar-refractivity contribution in [3.63, 3.8) is 0 Å². The third kappa shape index (κ3) is 2.90. The monoisotopic (exact) mass is 245 g/mol. The largest absolute Gasteiger partial charge is 0.399 e. The van der Waals surface area contributed by atoms with Crippen LogP contribution in [0.25, 0.3) is 0 Å². The summed E-state index contributed by atoms with van der Waals surface area (Å²) in [6.45, 7) is 4.83. The lowest BCUT2D eigenvalue weighted by Crippen LogP contribution is -2.22. The van der Waals surface area contributed by atoms with Gasteiger partial charge in [-0.2, -0.15) is 0 Å². The van der Waals surface area contributed by atoms with Gasteiger partial charge < -0.3 is 10.3 Å². The molecule has 0 radical (unpaired) electrons. The SMILES string of the molecule is Cc1cc(CN(C)C(C)c2ccc(N)cc2)no1. The number of rotatable bonds is 4. The molecule has 0 saturated heterocycles. The van der Waals surface area contributed by atoms with Gasteiger partial charge in [-0.3, -0.25) is 4.90 Å². The van der Waals surface area contributed by atoms with Crippen LogP contribution in [0, 0.1) is 6.92 Å². The van der Waals surface area contributed by atoms with E-state index in [0.29, 0.717) is 6.04 Å². The van der Waals surface area contributed by atoms with Crippen LogP contribution in [0.1, 0.15) is 30.0 Å². The summed E-state index contributed by atoms with van der Waals surface area (Å²) in [5.41, 5.74) is 8.68. The number of aryl methyl sites for hydroxylation is 1. The van der Waals surface area contributed by atoms with E-state index in [1.807, 2.05) is 25.1 Å². The van der Waals surface area contributed by atoms with Gasteiger partial charge in [-0.15, -0.1) is 0 Å².